The van der Waals surface area contributed by atoms with Crippen molar-refractivity contribution in [3.05, 3.63) is 28.8 Å². The topological polar surface area (TPSA) is 92.3 Å². The summed E-state index contributed by atoms with van der Waals surface area (Å²) in [6, 6.07) is 3.92. The first-order valence-corrected chi connectivity index (χ1v) is 12.5. The Morgan fingerprint density at radius 2 is 2.00 bits per heavy atom. The molecule has 1 amide bonds. The molecule has 0 aliphatic rings. The number of thioether (sulfide) groups is 1. The Hall–Kier alpha value is -1.36. The average molecular weight is 463 g/mol. The second kappa shape index (κ2) is 9.43. The summed E-state index contributed by atoms with van der Waals surface area (Å²) in [4.78, 5) is 12.7. The lowest BCUT2D eigenvalue weighted by molar-refractivity contribution is -0.116. The Labute approximate surface area is 178 Å². The number of aryl methyl sites for hydroxylation is 1. The van der Waals surface area contributed by atoms with Gasteiger partial charge < -0.3 is 0 Å². The van der Waals surface area contributed by atoms with Gasteiger partial charge in [0, 0.05) is 10.8 Å². The van der Waals surface area contributed by atoms with E-state index in [0.29, 0.717) is 27.3 Å². The van der Waals surface area contributed by atoms with Gasteiger partial charge in [-0.15, -0.1) is 10.2 Å². The molecule has 0 aliphatic heterocycles. The van der Waals surface area contributed by atoms with E-state index in [4.69, 9.17) is 11.6 Å². The molecule has 2 rings (SSSR count). The van der Waals surface area contributed by atoms with Crippen molar-refractivity contribution in [2.45, 2.75) is 38.1 Å². The van der Waals surface area contributed by atoms with Crippen LogP contribution < -0.4 is 9.62 Å². The van der Waals surface area contributed by atoms with Crippen molar-refractivity contribution >= 4 is 61.4 Å². The van der Waals surface area contributed by atoms with Crippen molar-refractivity contribution in [3.63, 3.8) is 0 Å². The summed E-state index contributed by atoms with van der Waals surface area (Å²) in [7, 11) is -3.73. The summed E-state index contributed by atoms with van der Waals surface area (Å²) in [6.07, 6.45) is 1.06. The number of hydrogen-bond acceptors (Lipinski definition) is 7. The fourth-order valence-corrected chi connectivity index (χ4v) is 5.49. The first-order chi connectivity index (χ1) is 13.0. The van der Waals surface area contributed by atoms with Crippen LogP contribution in [0.3, 0.4) is 0 Å². The van der Waals surface area contributed by atoms with E-state index in [-0.39, 0.29) is 0 Å². The third kappa shape index (κ3) is 6.07. The lowest BCUT2D eigenvalue weighted by Crippen LogP contribution is -2.45. The van der Waals surface area contributed by atoms with E-state index in [0.717, 1.165) is 20.7 Å². The van der Waals surface area contributed by atoms with Gasteiger partial charge in [-0.25, -0.2) is 8.42 Å². The number of hydrogen-bond donors (Lipinski definition) is 1. The zero-order chi connectivity index (χ0) is 21.1. The normalized spacial score (nSPS) is 12.8. The molecule has 0 fully saturated rings. The molecule has 7 nitrogen and oxygen atoms in total. The Kier molecular flexibility index (Phi) is 7.72. The summed E-state index contributed by atoms with van der Waals surface area (Å²) >= 11 is 8.87. The van der Waals surface area contributed by atoms with Crippen LogP contribution in [-0.2, 0) is 14.8 Å². The minimum atomic E-state index is -3.73. The van der Waals surface area contributed by atoms with Crippen LogP contribution in [0.15, 0.2) is 22.5 Å². The van der Waals surface area contributed by atoms with E-state index in [1.165, 1.54) is 24.3 Å². The molecule has 0 bridgehead atoms. The van der Waals surface area contributed by atoms with Crippen molar-refractivity contribution in [1.82, 2.24) is 10.2 Å². The molecule has 1 unspecified atom stereocenters. The zero-order valence-electron chi connectivity index (χ0n) is 16.3. The van der Waals surface area contributed by atoms with Gasteiger partial charge in [0.25, 0.3) is 0 Å². The van der Waals surface area contributed by atoms with Crippen LogP contribution >= 0.6 is 34.7 Å². The second-order valence-electron chi connectivity index (χ2n) is 6.73. The maximum Gasteiger partial charge on any atom is 0.249 e. The smallest absolute Gasteiger partial charge is 0.249 e. The first-order valence-electron chi connectivity index (χ1n) is 8.51. The van der Waals surface area contributed by atoms with Crippen LogP contribution in [0.1, 0.15) is 26.3 Å². The predicted octanol–water partition coefficient (Wildman–Crippen LogP) is 4.04. The number of carbonyl (C=O) groups excluding carboxylic acids is 1. The SMILES string of the molecule is Cc1ccc(Cl)cc1N(C(C)C(=O)Nc1nnc(SCC(C)C)s1)S(C)(=O)=O. The summed E-state index contributed by atoms with van der Waals surface area (Å²) in [5.41, 5.74) is 1.06. The molecule has 11 heteroatoms. The molecule has 1 aromatic carbocycles. The van der Waals surface area contributed by atoms with Crippen molar-refractivity contribution in [2.24, 2.45) is 5.92 Å². The van der Waals surface area contributed by atoms with Crippen molar-refractivity contribution in [3.8, 4) is 0 Å². The Balaban J connectivity index is 2.22. The quantitative estimate of drug-likeness (QED) is 0.470. The molecule has 0 spiro atoms. The van der Waals surface area contributed by atoms with Crippen molar-refractivity contribution < 1.29 is 13.2 Å². The number of sulfonamides is 1. The van der Waals surface area contributed by atoms with E-state index in [1.54, 1.807) is 30.8 Å². The lowest BCUT2D eigenvalue weighted by Gasteiger charge is -2.29. The number of halogens is 1. The van der Waals surface area contributed by atoms with Gasteiger partial charge in [0.2, 0.25) is 21.1 Å². The Bertz CT molecular complexity index is 947. The van der Waals surface area contributed by atoms with Gasteiger partial charge in [-0.3, -0.25) is 14.4 Å². The van der Waals surface area contributed by atoms with Gasteiger partial charge in [-0.2, -0.15) is 0 Å². The first kappa shape index (κ1) is 22.9. The van der Waals surface area contributed by atoms with Crippen LogP contribution in [0.4, 0.5) is 10.8 Å². The third-order valence-corrected chi connectivity index (χ3v) is 7.54. The van der Waals surface area contributed by atoms with Crippen LogP contribution in [0.5, 0.6) is 0 Å². The zero-order valence-corrected chi connectivity index (χ0v) is 19.5. The number of nitrogens with zero attached hydrogens (tertiary/aromatic N) is 3. The van der Waals surface area contributed by atoms with Gasteiger partial charge in [-0.1, -0.05) is 54.6 Å². The largest absolute Gasteiger partial charge is 0.299 e. The molecular weight excluding hydrogens is 440 g/mol. The molecule has 28 heavy (non-hydrogen) atoms. The standard InChI is InChI=1S/C17H23ClN4O3S3/c1-10(2)9-26-17-21-20-16(27-17)19-15(23)12(4)22(28(5,24)25)14-8-13(18)7-6-11(14)3/h6-8,10,12H,9H2,1-5H3,(H,19,20,23). The molecular formula is C17H23ClN4O3S3. The number of rotatable bonds is 8. The van der Waals surface area contributed by atoms with Crippen molar-refractivity contribution in [2.75, 3.05) is 21.6 Å². The summed E-state index contributed by atoms with van der Waals surface area (Å²) in [5.74, 6) is 0.909. The fourth-order valence-electron chi connectivity index (χ4n) is 2.37. The fraction of sp³-hybridized carbons (Fsp3) is 0.471. The van der Waals surface area contributed by atoms with Crippen LogP contribution in [-0.4, -0.2) is 42.6 Å². The number of benzene rings is 1. The summed E-state index contributed by atoms with van der Waals surface area (Å²) < 4.78 is 26.7. The average Bonchev–Trinajstić information content (AvgIpc) is 3.02. The minimum absolute atomic E-state index is 0.333. The number of aromatic nitrogens is 2. The molecule has 0 aliphatic carbocycles. The molecule has 154 valence electrons. The summed E-state index contributed by atoms with van der Waals surface area (Å²) in [5, 5.41) is 11.4. The van der Waals surface area contributed by atoms with E-state index < -0.39 is 22.0 Å². The molecule has 0 saturated heterocycles. The Morgan fingerprint density at radius 1 is 1.32 bits per heavy atom. The highest BCUT2D eigenvalue weighted by Crippen LogP contribution is 2.30. The molecule has 1 atom stereocenters. The number of amides is 1. The number of carbonyl (C=O) groups is 1. The highest BCUT2D eigenvalue weighted by atomic mass is 35.5. The molecule has 2 aromatic rings. The number of nitrogens with one attached hydrogen (secondary N) is 1. The van der Waals surface area contributed by atoms with Crippen LogP contribution in [0.2, 0.25) is 5.02 Å². The summed E-state index contributed by atoms with van der Waals surface area (Å²) in [6.45, 7) is 7.50. The maximum absolute atomic E-state index is 12.7. The molecule has 0 radical (unpaired) electrons. The van der Waals surface area contributed by atoms with Crippen LogP contribution in [0.25, 0.3) is 0 Å². The molecule has 1 N–H and O–H groups in total. The second-order valence-corrected chi connectivity index (χ2v) is 11.3. The van der Waals surface area contributed by atoms with Gasteiger partial charge in [0.05, 0.1) is 11.9 Å². The third-order valence-electron chi connectivity index (χ3n) is 3.67. The molecule has 0 saturated carbocycles. The highest BCUT2D eigenvalue weighted by Gasteiger charge is 2.31. The highest BCUT2D eigenvalue weighted by molar-refractivity contribution is 8.01. The van der Waals surface area contributed by atoms with E-state index >= 15 is 0 Å². The van der Waals surface area contributed by atoms with Gasteiger partial charge in [0.1, 0.15) is 6.04 Å². The van der Waals surface area contributed by atoms with Gasteiger partial charge in [-0.05, 0) is 37.5 Å². The lowest BCUT2D eigenvalue weighted by atomic mass is 10.2. The van der Waals surface area contributed by atoms with Crippen molar-refractivity contribution in [1.29, 1.82) is 0 Å². The minimum Gasteiger partial charge on any atom is -0.299 e. The monoisotopic (exact) mass is 462 g/mol. The maximum atomic E-state index is 12.7. The van der Waals surface area contributed by atoms with E-state index in [1.807, 2.05) is 0 Å². The Morgan fingerprint density at radius 3 is 2.61 bits per heavy atom. The van der Waals surface area contributed by atoms with E-state index in [2.05, 4.69) is 29.4 Å². The molecule has 1 aromatic heterocycles. The predicted molar refractivity (Wildman–Crippen MR) is 117 cm³/mol. The van der Waals surface area contributed by atoms with Crippen LogP contribution in [0, 0.1) is 12.8 Å². The number of anilines is 2. The van der Waals surface area contributed by atoms with Gasteiger partial charge >= 0.3 is 0 Å². The molecule has 1 heterocycles. The van der Waals surface area contributed by atoms with E-state index in [9.17, 15) is 13.2 Å². The van der Waals surface area contributed by atoms with Gasteiger partial charge in [0.15, 0.2) is 4.34 Å².